The van der Waals surface area contributed by atoms with E-state index in [-0.39, 0.29) is 6.04 Å². The van der Waals surface area contributed by atoms with Crippen LogP contribution in [0.2, 0.25) is 0 Å². The summed E-state index contributed by atoms with van der Waals surface area (Å²) in [6, 6.07) is 9.00. The molecule has 3 rings (SSSR count). The molecule has 2 aliphatic rings. The van der Waals surface area contributed by atoms with Gasteiger partial charge in [-0.2, -0.15) is 0 Å². The fourth-order valence-electron chi connectivity index (χ4n) is 3.62. The average molecular weight is 213 g/mol. The lowest BCUT2D eigenvalue weighted by atomic mass is 9.74. The van der Waals surface area contributed by atoms with E-state index in [1.165, 1.54) is 42.4 Å². The highest BCUT2D eigenvalue weighted by Crippen LogP contribution is 2.52. The van der Waals surface area contributed by atoms with Gasteiger partial charge in [-0.3, -0.25) is 0 Å². The van der Waals surface area contributed by atoms with Gasteiger partial charge in [-0.05, 0) is 36.5 Å². The minimum Gasteiger partial charge on any atom is -0.324 e. The van der Waals surface area contributed by atoms with Crippen LogP contribution in [-0.4, -0.2) is 6.04 Å². The van der Waals surface area contributed by atoms with Gasteiger partial charge in [-0.15, -0.1) is 0 Å². The van der Waals surface area contributed by atoms with Crippen LogP contribution in [0.25, 0.3) is 6.08 Å². The lowest BCUT2D eigenvalue weighted by Gasteiger charge is -2.31. The Morgan fingerprint density at radius 3 is 2.56 bits per heavy atom. The molecule has 16 heavy (non-hydrogen) atoms. The highest BCUT2D eigenvalue weighted by atomic mass is 14.7. The van der Waals surface area contributed by atoms with Crippen molar-refractivity contribution in [2.24, 2.45) is 5.73 Å². The highest BCUT2D eigenvalue weighted by Gasteiger charge is 2.44. The van der Waals surface area contributed by atoms with Crippen LogP contribution in [0.4, 0.5) is 0 Å². The number of hydrogen-bond acceptors (Lipinski definition) is 1. The molecule has 2 N–H and O–H groups in total. The standard InChI is InChI=1S/C15H19N/c1-11(16)14-10-12-6-2-3-7-13(12)15(14)8-4-5-9-15/h2-3,6-7,10-11H,4-5,8-9,16H2,1H3. The monoisotopic (exact) mass is 213 g/mol. The number of hydrogen-bond donors (Lipinski definition) is 1. The molecule has 1 aromatic rings. The van der Waals surface area contributed by atoms with Crippen LogP contribution in [0.5, 0.6) is 0 Å². The van der Waals surface area contributed by atoms with E-state index in [1.54, 1.807) is 0 Å². The average Bonchev–Trinajstić information content (AvgIpc) is 2.87. The van der Waals surface area contributed by atoms with Crippen LogP contribution >= 0.6 is 0 Å². The van der Waals surface area contributed by atoms with E-state index in [4.69, 9.17) is 5.73 Å². The second-order valence-electron chi connectivity index (χ2n) is 5.26. The van der Waals surface area contributed by atoms with E-state index < -0.39 is 0 Å². The molecule has 1 saturated carbocycles. The summed E-state index contributed by atoms with van der Waals surface area (Å²) in [7, 11) is 0. The first-order valence-corrected chi connectivity index (χ1v) is 6.31. The maximum absolute atomic E-state index is 6.16. The van der Waals surface area contributed by atoms with Crippen molar-refractivity contribution in [3.8, 4) is 0 Å². The van der Waals surface area contributed by atoms with Crippen molar-refractivity contribution in [2.75, 3.05) is 0 Å². The van der Waals surface area contributed by atoms with Crippen LogP contribution in [0.15, 0.2) is 29.8 Å². The first kappa shape index (κ1) is 10.1. The third-order valence-corrected chi connectivity index (χ3v) is 4.29. The van der Waals surface area contributed by atoms with Crippen LogP contribution in [0.1, 0.15) is 43.7 Å². The molecule has 0 aliphatic heterocycles. The van der Waals surface area contributed by atoms with Gasteiger partial charge >= 0.3 is 0 Å². The van der Waals surface area contributed by atoms with Crippen molar-refractivity contribution in [3.05, 3.63) is 41.0 Å². The zero-order valence-electron chi connectivity index (χ0n) is 9.87. The fraction of sp³-hybridized carbons (Fsp3) is 0.467. The van der Waals surface area contributed by atoms with Crippen LogP contribution < -0.4 is 5.73 Å². The van der Waals surface area contributed by atoms with Gasteiger partial charge in [0, 0.05) is 11.5 Å². The van der Waals surface area contributed by atoms with Crippen molar-refractivity contribution in [1.29, 1.82) is 0 Å². The minimum atomic E-state index is 0.186. The second kappa shape index (κ2) is 3.46. The van der Waals surface area contributed by atoms with Crippen LogP contribution in [-0.2, 0) is 5.41 Å². The number of benzene rings is 1. The van der Waals surface area contributed by atoms with Crippen molar-refractivity contribution >= 4 is 6.08 Å². The number of nitrogens with two attached hydrogens (primary N) is 1. The molecule has 0 radical (unpaired) electrons. The molecule has 84 valence electrons. The van der Waals surface area contributed by atoms with E-state index >= 15 is 0 Å². The zero-order valence-corrected chi connectivity index (χ0v) is 9.87. The SMILES string of the molecule is CC(N)C1=Cc2ccccc2C12CCCC2. The van der Waals surface area contributed by atoms with Gasteiger partial charge in [0.25, 0.3) is 0 Å². The van der Waals surface area contributed by atoms with Gasteiger partial charge < -0.3 is 5.73 Å². The maximum atomic E-state index is 6.16. The summed E-state index contributed by atoms with van der Waals surface area (Å²) in [5.41, 5.74) is 10.9. The summed E-state index contributed by atoms with van der Waals surface area (Å²) in [5.74, 6) is 0. The Morgan fingerprint density at radius 1 is 1.19 bits per heavy atom. The Balaban J connectivity index is 2.17. The molecule has 1 spiro atoms. The highest BCUT2D eigenvalue weighted by molar-refractivity contribution is 5.70. The molecule has 0 amide bonds. The Morgan fingerprint density at radius 2 is 1.88 bits per heavy atom. The zero-order chi connectivity index (χ0) is 11.2. The third-order valence-electron chi connectivity index (χ3n) is 4.29. The Hall–Kier alpha value is -1.08. The maximum Gasteiger partial charge on any atom is 0.0237 e. The van der Waals surface area contributed by atoms with E-state index in [1.807, 2.05) is 0 Å². The lowest BCUT2D eigenvalue weighted by Crippen LogP contribution is -2.32. The summed E-state index contributed by atoms with van der Waals surface area (Å²) in [6.07, 6.45) is 7.61. The molecule has 2 aliphatic carbocycles. The summed E-state index contributed by atoms with van der Waals surface area (Å²) in [6.45, 7) is 2.12. The van der Waals surface area contributed by atoms with Gasteiger partial charge in [0.05, 0.1) is 0 Å². The Labute approximate surface area is 97.4 Å². The van der Waals surface area contributed by atoms with E-state index in [0.717, 1.165) is 0 Å². The molecular formula is C15H19N. The molecule has 1 aromatic carbocycles. The molecule has 1 heteroatoms. The summed E-state index contributed by atoms with van der Waals surface area (Å²) < 4.78 is 0. The van der Waals surface area contributed by atoms with Crippen molar-refractivity contribution in [3.63, 3.8) is 0 Å². The summed E-state index contributed by atoms with van der Waals surface area (Å²) in [5, 5.41) is 0. The fourth-order valence-corrected chi connectivity index (χ4v) is 3.62. The van der Waals surface area contributed by atoms with Crippen molar-refractivity contribution in [1.82, 2.24) is 0 Å². The van der Waals surface area contributed by atoms with Crippen molar-refractivity contribution in [2.45, 2.75) is 44.1 Å². The largest absolute Gasteiger partial charge is 0.324 e. The van der Waals surface area contributed by atoms with E-state index in [0.29, 0.717) is 5.41 Å². The first-order valence-electron chi connectivity index (χ1n) is 6.31. The van der Waals surface area contributed by atoms with Crippen LogP contribution in [0, 0.1) is 0 Å². The second-order valence-corrected chi connectivity index (χ2v) is 5.26. The van der Waals surface area contributed by atoms with Gasteiger partial charge in [0.1, 0.15) is 0 Å². The van der Waals surface area contributed by atoms with E-state index in [2.05, 4.69) is 37.3 Å². The molecule has 0 heterocycles. The van der Waals surface area contributed by atoms with Gasteiger partial charge in [-0.1, -0.05) is 43.2 Å². The number of fused-ring (bicyclic) bond motifs is 2. The quantitative estimate of drug-likeness (QED) is 0.761. The minimum absolute atomic E-state index is 0.186. The van der Waals surface area contributed by atoms with Gasteiger partial charge in [-0.25, -0.2) is 0 Å². The third kappa shape index (κ3) is 1.21. The Kier molecular flexibility index (Phi) is 2.18. The van der Waals surface area contributed by atoms with Gasteiger partial charge in [0.2, 0.25) is 0 Å². The van der Waals surface area contributed by atoms with Crippen LogP contribution in [0.3, 0.4) is 0 Å². The predicted octanol–water partition coefficient (Wildman–Crippen LogP) is 3.24. The number of rotatable bonds is 1. The summed E-state index contributed by atoms with van der Waals surface area (Å²) >= 11 is 0. The first-order chi connectivity index (χ1) is 7.74. The molecule has 1 fully saturated rings. The lowest BCUT2D eigenvalue weighted by molar-refractivity contribution is 0.502. The smallest absolute Gasteiger partial charge is 0.0237 e. The van der Waals surface area contributed by atoms with E-state index in [9.17, 15) is 0 Å². The summed E-state index contributed by atoms with van der Waals surface area (Å²) in [4.78, 5) is 0. The van der Waals surface area contributed by atoms with Gasteiger partial charge in [0.15, 0.2) is 0 Å². The Bertz CT molecular complexity index is 437. The molecular weight excluding hydrogens is 194 g/mol. The molecule has 0 bridgehead atoms. The topological polar surface area (TPSA) is 26.0 Å². The molecule has 1 nitrogen and oxygen atoms in total. The van der Waals surface area contributed by atoms with Crippen molar-refractivity contribution < 1.29 is 0 Å². The molecule has 1 unspecified atom stereocenters. The predicted molar refractivity (Wildman–Crippen MR) is 68.2 cm³/mol. The normalized spacial score (nSPS) is 23.2. The molecule has 0 aromatic heterocycles. The molecule has 1 atom stereocenters. The molecule has 0 saturated heterocycles.